The number of halogens is 2. The van der Waals surface area contributed by atoms with Gasteiger partial charge in [-0.25, -0.2) is 0 Å². The van der Waals surface area contributed by atoms with Crippen molar-refractivity contribution in [3.63, 3.8) is 0 Å². The molecule has 5 heteroatoms. The van der Waals surface area contributed by atoms with Gasteiger partial charge in [-0.05, 0) is 0 Å². The predicted octanol–water partition coefficient (Wildman–Crippen LogP) is -2.81. The van der Waals surface area contributed by atoms with Crippen LogP contribution < -0.4 is 34.3 Å². The van der Waals surface area contributed by atoms with Crippen LogP contribution in [0, 0.1) is 0 Å². The predicted molar refractivity (Wildman–Crippen MR) is 59.0 cm³/mol. The third kappa shape index (κ3) is 4.36. The largest absolute Gasteiger partial charge is 1.00 e. The maximum atomic E-state index is 5.84. The normalized spacial score (nSPS) is 12.8. The van der Waals surface area contributed by atoms with E-state index in [1.54, 1.807) is 0 Å². The molecule has 0 saturated carbocycles. The number of allylic oxidation sites excluding steroid dienone is 3. The zero-order chi connectivity index (χ0) is 11.4. The van der Waals surface area contributed by atoms with Gasteiger partial charge < -0.3 is 24.8 Å². The molecule has 0 unspecified atom stereocenters. The van der Waals surface area contributed by atoms with Crippen molar-refractivity contribution < 1.29 is 54.7 Å². The van der Waals surface area contributed by atoms with Crippen molar-refractivity contribution in [1.29, 1.82) is 0 Å². The molecule has 0 radical (unpaired) electrons. The van der Waals surface area contributed by atoms with Crippen molar-refractivity contribution in [2.75, 3.05) is 6.61 Å². The van der Waals surface area contributed by atoms with E-state index in [-0.39, 0.29) is 24.8 Å². The summed E-state index contributed by atoms with van der Waals surface area (Å²) in [5.41, 5.74) is 0. The van der Waals surface area contributed by atoms with Crippen LogP contribution in [0.1, 0.15) is 13.3 Å². The average Bonchev–Trinajstić information content (AvgIpc) is 2.68. The number of hydrogen-bond donors (Lipinski definition) is 0. The van der Waals surface area contributed by atoms with Crippen molar-refractivity contribution in [2.45, 2.75) is 13.3 Å². The Labute approximate surface area is 132 Å². The van der Waals surface area contributed by atoms with Crippen molar-refractivity contribution in [3.8, 4) is 11.5 Å². The minimum Gasteiger partial charge on any atom is -1.00 e. The Bertz CT molecular complexity index is 444. The van der Waals surface area contributed by atoms with Crippen LogP contribution in [0.5, 0.6) is 11.5 Å². The Hall–Kier alpha value is -0.406. The summed E-state index contributed by atoms with van der Waals surface area (Å²) in [6, 6.07) is 7.75. The monoisotopic (exact) mass is 319 g/mol. The molecule has 18 heavy (non-hydrogen) atoms. The van der Waals surface area contributed by atoms with Crippen LogP contribution in [0.15, 0.2) is 46.1 Å². The van der Waals surface area contributed by atoms with Gasteiger partial charge in [0, 0.05) is 0 Å². The maximum absolute atomic E-state index is 5.84. The molecule has 0 aromatic heterocycles. The quantitative estimate of drug-likeness (QED) is 0.558. The number of benzene rings is 1. The molecule has 2 nitrogen and oxygen atoms in total. The van der Waals surface area contributed by atoms with Crippen LogP contribution >= 0.6 is 0 Å². The topological polar surface area (TPSA) is 18.5 Å². The van der Waals surface area contributed by atoms with E-state index in [9.17, 15) is 0 Å². The van der Waals surface area contributed by atoms with Gasteiger partial charge >= 0.3 is 107 Å². The third-order valence-electron chi connectivity index (χ3n) is 2.26. The summed E-state index contributed by atoms with van der Waals surface area (Å²) in [5, 5.41) is 0. The summed E-state index contributed by atoms with van der Waals surface area (Å²) in [4.78, 5) is 0. The molecule has 0 atom stereocenters. The summed E-state index contributed by atoms with van der Waals surface area (Å²) in [7, 11) is 0. The molecule has 0 aliphatic heterocycles. The smallest absolute Gasteiger partial charge is 1.00 e. The summed E-state index contributed by atoms with van der Waals surface area (Å²) in [5.74, 6) is 2.52. The van der Waals surface area contributed by atoms with Crippen molar-refractivity contribution in [1.82, 2.24) is 0 Å². The fourth-order valence-corrected chi connectivity index (χ4v) is 1.90. The summed E-state index contributed by atoms with van der Waals surface area (Å²) >= 11 is 2.08. The molecule has 0 fully saturated rings. The average molecular weight is 320 g/mol. The van der Waals surface area contributed by atoms with Crippen molar-refractivity contribution in [2.24, 2.45) is 0 Å². The molecule has 95 valence electrons. The van der Waals surface area contributed by atoms with E-state index in [1.165, 1.54) is 3.88 Å². The van der Waals surface area contributed by atoms with E-state index in [0.717, 1.165) is 23.7 Å². The first-order valence-electron chi connectivity index (χ1n) is 5.32. The van der Waals surface area contributed by atoms with Gasteiger partial charge in [-0.1, -0.05) is 0 Å². The minimum absolute atomic E-state index is 0. The van der Waals surface area contributed by atoms with Crippen LogP contribution in [0.4, 0.5) is 0 Å². The second-order valence-electron chi connectivity index (χ2n) is 3.43. The van der Waals surface area contributed by atoms with Gasteiger partial charge in [-0.2, -0.15) is 0 Å². The number of ether oxygens (including phenoxy) is 2. The van der Waals surface area contributed by atoms with E-state index >= 15 is 0 Å². The Kier molecular flexibility index (Phi) is 8.46. The zero-order valence-electron chi connectivity index (χ0n) is 9.95. The van der Waals surface area contributed by atoms with Gasteiger partial charge in [0.25, 0.3) is 0 Å². The van der Waals surface area contributed by atoms with Gasteiger partial charge in [0.1, 0.15) is 0 Å². The molecule has 1 aromatic rings. The zero-order valence-corrected chi connectivity index (χ0v) is 13.0. The number of rotatable bonds is 4. The maximum Gasteiger partial charge on any atom is -1.00 e. The first kappa shape index (κ1) is 17.6. The molecule has 0 amide bonds. The molecular formula is C13H13Cl2O2Ti. The summed E-state index contributed by atoms with van der Waals surface area (Å²) in [6.07, 6.45) is 5.10. The van der Waals surface area contributed by atoms with Gasteiger partial charge in [0.15, 0.2) is 0 Å². The van der Waals surface area contributed by atoms with E-state index in [2.05, 4.69) is 26.5 Å². The fourth-order valence-electron chi connectivity index (χ4n) is 1.51. The summed E-state index contributed by atoms with van der Waals surface area (Å²) in [6.45, 7) is 2.62. The van der Waals surface area contributed by atoms with Crippen LogP contribution in [-0.4, -0.2) is 6.61 Å². The number of hydrogen-bond acceptors (Lipinski definition) is 2. The third-order valence-corrected chi connectivity index (χ3v) is 2.96. The molecule has 1 aliphatic carbocycles. The molecule has 0 spiro atoms. The Morgan fingerprint density at radius 2 is 1.83 bits per heavy atom. The second kappa shape index (κ2) is 8.65. The minimum atomic E-state index is 0. The van der Waals surface area contributed by atoms with Gasteiger partial charge in [0.2, 0.25) is 0 Å². The standard InChI is InChI=1S/C13H13O2.2ClH.Ti/c1-2-14-12-9-5-6-10-13(12)15-11-7-3-4-8-11;;;/h3,5-7,9-10H,2,4H2,1H3;2*1H;/q;;;+2/p-2. The van der Waals surface area contributed by atoms with Crippen LogP contribution in [0.2, 0.25) is 0 Å². The summed E-state index contributed by atoms with van der Waals surface area (Å²) < 4.78 is 12.6. The molecule has 0 saturated heterocycles. The van der Waals surface area contributed by atoms with Gasteiger partial charge in [-0.3, -0.25) is 0 Å². The Balaban J connectivity index is 0.00000144. The van der Waals surface area contributed by atoms with E-state index in [1.807, 2.05) is 37.3 Å². The van der Waals surface area contributed by atoms with Gasteiger partial charge in [0.05, 0.1) is 0 Å². The Morgan fingerprint density at radius 3 is 2.39 bits per heavy atom. The van der Waals surface area contributed by atoms with Crippen LogP contribution in [0.25, 0.3) is 0 Å². The molecule has 0 heterocycles. The first-order valence-corrected chi connectivity index (χ1v) is 6.10. The van der Waals surface area contributed by atoms with Crippen molar-refractivity contribution >= 4 is 0 Å². The molecule has 0 N–H and O–H groups in total. The SMILES string of the molecule is CCOc1ccccc1OC1=[C]([Ti+2])CC=C1.[Cl-].[Cl-]. The Morgan fingerprint density at radius 1 is 1.17 bits per heavy atom. The van der Waals surface area contributed by atoms with Gasteiger partial charge in [-0.15, -0.1) is 0 Å². The molecule has 1 aromatic carbocycles. The fraction of sp³-hybridized carbons (Fsp3) is 0.231. The van der Waals surface area contributed by atoms with E-state index in [0.29, 0.717) is 6.61 Å². The second-order valence-corrected chi connectivity index (χ2v) is 4.37. The molecular weight excluding hydrogens is 307 g/mol. The molecule has 2 rings (SSSR count). The van der Waals surface area contributed by atoms with Crippen LogP contribution in [-0.2, 0) is 20.4 Å². The van der Waals surface area contributed by atoms with Crippen molar-refractivity contribution in [3.05, 3.63) is 46.1 Å². The van der Waals surface area contributed by atoms with E-state index < -0.39 is 0 Å². The molecule has 1 aliphatic rings. The van der Waals surface area contributed by atoms with Crippen LogP contribution in [0.3, 0.4) is 0 Å². The van der Waals surface area contributed by atoms with E-state index in [4.69, 9.17) is 9.47 Å². The first-order chi connectivity index (χ1) is 7.81. The number of para-hydroxylation sites is 2. The molecule has 0 bridgehead atoms.